The molecule has 0 aliphatic carbocycles. The van der Waals surface area contributed by atoms with Gasteiger partial charge in [-0.3, -0.25) is 0 Å². The molecule has 0 radical (unpaired) electrons. The van der Waals surface area contributed by atoms with Gasteiger partial charge in [0, 0.05) is 10.8 Å². The molecule has 8 aromatic rings. The van der Waals surface area contributed by atoms with Crippen LogP contribution in [0.3, 0.4) is 0 Å². The second-order valence-electron chi connectivity index (χ2n) is 16.4. The number of hydrogen-bond donors (Lipinski definition) is 0. The molecule has 0 amide bonds. The Balaban J connectivity index is 1.07. The van der Waals surface area contributed by atoms with Gasteiger partial charge in [-0.1, -0.05) is 182 Å². The monoisotopic (exact) mass is 984 g/mol. The van der Waals surface area contributed by atoms with Crippen molar-refractivity contribution in [2.75, 3.05) is 5.08 Å². The Hall–Kier alpha value is -8.06. The van der Waals surface area contributed by atoms with E-state index in [4.69, 9.17) is 28.4 Å². The first-order valence-electron chi connectivity index (χ1n) is 22.8. The number of ether oxygens (including phenoxy) is 6. The number of hydrogen-bond acceptors (Lipinski definition) is 10. The van der Waals surface area contributed by atoms with Crippen molar-refractivity contribution in [3.8, 4) is 34.5 Å². The van der Waals surface area contributed by atoms with Crippen molar-refractivity contribution in [2.45, 2.75) is 39.6 Å². The molecule has 0 unspecified atom stereocenters. The molecule has 0 spiro atoms. The summed E-state index contributed by atoms with van der Waals surface area (Å²) in [6, 6.07) is 64.2. The Morgan fingerprint density at radius 2 is 0.507 bits per heavy atom. The SMILES string of the molecule is O=S(=O)(/C=C/c1cc(OCc2ccccc2)c(OCc2ccccc2)c(OCc2ccccc2)c1)CS(=O)(=O)/C=C/c1cc(OCc2ccccc2)c(OCc2ccccc2)c(OCc2ccccc2)c1. The standard InChI is InChI=1S/C59H52O10S2/c60-70(61,33-31-52-35-54(64-39-46-19-7-1-8-20-46)58(68-43-50-27-15-5-16-28-50)55(36-52)65-40-47-21-9-2-10-22-47)45-71(62,63)34-32-53-37-56(66-41-48-23-11-3-12-24-48)59(69-44-51-29-17-6-18-30-51)57(38-53)67-42-49-25-13-4-14-26-49/h1-38H,39-45H2/b33-31+,34-32+. The van der Waals surface area contributed by atoms with Gasteiger partial charge in [-0.2, -0.15) is 0 Å². The second-order valence-corrected chi connectivity index (χ2v) is 20.5. The average molecular weight is 985 g/mol. The van der Waals surface area contributed by atoms with E-state index in [1.165, 1.54) is 12.2 Å². The lowest BCUT2D eigenvalue weighted by Gasteiger charge is -2.18. The highest BCUT2D eigenvalue weighted by atomic mass is 32.3. The zero-order chi connectivity index (χ0) is 49.1. The Labute approximate surface area is 415 Å². The molecule has 0 aliphatic heterocycles. The Morgan fingerprint density at radius 3 is 0.732 bits per heavy atom. The van der Waals surface area contributed by atoms with Gasteiger partial charge in [0.25, 0.3) is 0 Å². The van der Waals surface area contributed by atoms with Gasteiger partial charge < -0.3 is 28.4 Å². The zero-order valence-corrected chi connectivity index (χ0v) is 40.4. The van der Waals surface area contributed by atoms with Crippen LogP contribution in [-0.2, 0) is 59.3 Å². The topological polar surface area (TPSA) is 124 Å². The van der Waals surface area contributed by atoms with Gasteiger partial charge >= 0.3 is 0 Å². The molecule has 0 fully saturated rings. The lowest BCUT2D eigenvalue weighted by Crippen LogP contribution is -2.12. The summed E-state index contributed by atoms with van der Waals surface area (Å²) in [4.78, 5) is 0. The largest absolute Gasteiger partial charge is 0.485 e. The van der Waals surface area contributed by atoms with E-state index in [2.05, 4.69) is 0 Å². The molecule has 71 heavy (non-hydrogen) atoms. The minimum Gasteiger partial charge on any atom is -0.485 e. The molecule has 8 aromatic carbocycles. The van der Waals surface area contributed by atoms with Gasteiger partial charge in [-0.25, -0.2) is 16.8 Å². The molecule has 0 heterocycles. The van der Waals surface area contributed by atoms with Gasteiger partial charge in [0.2, 0.25) is 11.5 Å². The summed E-state index contributed by atoms with van der Waals surface area (Å²) in [5, 5.41) is 0.557. The van der Waals surface area contributed by atoms with Gasteiger partial charge in [0.1, 0.15) is 39.6 Å². The maximum absolute atomic E-state index is 13.7. The highest BCUT2D eigenvalue weighted by molar-refractivity contribution is 8.10. The molecule has 8 rings (SSSR count). The van der Waals surface area contributed by atoms with Gasteiger partial charge in [-0.15, -0.1) is 0 Å². The van der Waals surface area contributed by atoms with Gasteiger partial charge in [0.05, 0.1) is 0 Å². The minimum absolute atomic E-state index is 0.182. The average Bonchev–Trinajstić information content (AvgIpc) is 3.40. The summed E-state index contributed by atoms with van der Waals surface area (Å²) in [7, 11) is -8.74. The molecule has 0 aromatic heterocycles. The third kappa shape index (κ3) is 15.5. The van der Waals surface area contributed by atoms with Crippen LogP contribution in [0.15, 0.2) is 217 Å². The van der Waals surface area contributed by atoms with E-state index in [0.29, 0.717) is 45.6 Å². The quantitative estimate of drug-likeness (QED) is 0.0578. The first kappa shape index (κ1) is 49.4. The maximum atomic E-state index is 13.7. The van der Waals surface area contributed by atoms with E-state index in [9.17, 15) is 16.8 Å². The number of benzene rings is 8. The molecule has 12 heteroatoms. The second kappa shape index (κ2) is 24.5. The molecule has 0 saturated carbocycles. The smallest absolute Gasteiger partial charge is 0.203 e. The van der Waals surface area contributed by atoms with Crippen molar-refractivity contribution in [2.24, 2.45) is 0 Å². The normalized spacial score (nSPS) is 11.6. The molecule has 0 bridgehead atoms. The van der Waals surface area contributed by atoms with E-state index in [1.807, 2.05) is 182 Å². The summed E-state index contributed by atoms with van der Waals surface area (Å²) in [6.07, 6.45) is 2.64. The summed E-state index contributed by atoms with van der Waals surface area (Å²) >= 11 is 0. The predicted molar refractivity (Wildman–Crippen MR) is 278 cm³/mol. The van der Waals surface area contributed by atoms with E-state index in [1.54, 1.807) is 24.3 Å². The summed E-state index contributed by atoms with van der Waals surface area (Å²) < 4.78 is 92.9. The third-order valence-electron chi connectivity index (χ3n) is 10.8. The van der Waals surface area contributed by atoms with Crippen molar-refractivity contribution in [3.63, 3.8) is 0 Å². The van der Waals surface area contributed by atoms with Crippen LogP contribution in [-0.4, -0.2) is 21.9 Å². The first-order valence-corrected chi connectivity index (χ1v) is 26.2. The summed E-state index contributed by atoms with van der Waals surface area (Å²) in [6.45, 7) is 1.14. The molecule has 0 saturated heterocycles. The third-order valence-corrected chi connectivity index (χ3v) is 14.5. The molecule has 0 N–H and O–H groups in total. The predicted octanol–water partition coefficient (Wildman–Crippen LogP) is 12.6. The van der Waals surface area contributed by atoms with Crippen LogP contribution in [0, 0.1) is 0 Å². The zero-order valence-electron chi connectivity index (χ0n) is 38.8. The fourth-order valence-corrected chi connectivity index (χ4v) is 10.4. The lowest BCUT2D eigenvalue weighted by atomic mass is 10.1. The van der Waals surface area contributed by atoms with Crippen LogP contribution in [0.2, 0.25) is 0 Å². The van der Waals surface area contributed by atoms with Crippen LogP contribution >= 0.6 is 0 Å². The van der Waals surface area contributed by atoms with Gasteiger partial charge in [0.15, 0.2) is 47.8 Å². The molecule has 10 nitrogen and oxygen atoms in total. The minimum atomic E-state index is -4.37. The Bertz CT molecular complexity index is 2880. The summed E-state index contributed by atoms with van der Waals surface area (Å²) in [5.41, 5.74) is 6.17. The highest BCUT2D eigenvalue weighted by Gasteiger charge is 2.21. The van der Waals surface area contributed by atoms with E-state index in [-0.39, 0.29) is 39.6 Å². The lowest BCUT2D eigenvalue weighted by molar-refractivity contribution is 0.230. The Kier molecular flexibility index (Phi) is 17.0. The van der Waals surface area contributed by atoms with Gasteiger partial charge in [-0.05, 0) is 80.9 Å². The highest BCUT2D eigenvalue weighted by Crippen LogP contribution is 2.42. The van der Waals surface area contributed by atoms with Crippen molar-refractivity contribution in [1.29, 1.82) is 0 Å². The van der Waals surface area contributed by atoms with Crippen LogP contribution < -0.4 is 28.4 Å². The maximum Gasteiger partial charge on any atom is 0.203 e. The molecule has 0 atom stereocenters. The van der Waals surface area contributed by atoms with E-state index in [0.717, 1.165) is 44.2 Å². The number of sulfone groups is 2. The fraction of sp³-hybridized carbons (Fsp3) is 0.119. The van der Waals surface area contributed by atoms with Crippen LogP contribution in [0.1, 0.15) is 44.5 Å². The van der Waals surface area contributed by atoms with E-state index >= 15 is 0 Å². The Morgan fingerprint density at radius 1 is 0.296 bits per heavy atom. The molecular weight excluding hydrogens is 933 g/mol. The number of rotatable bonds is 24. The fourth-order valence-electron chi connectivity index (χ4n) is 7.17. The summed E-state index contributed by atoms with van der Waals surface area (Å²) in [5.74, 6) is 1.87. The van der Waals surface area contributed by atoms with Crippen molar-refractivity contribution in [1.82, 2.24) is 0 Å². The first-order chi connectivity index (χ1) is 34.6. The molecular formula is C59H52O10S2. The van der Waals surface area contributed by atoms with Crippen molar-refractivity contribution >= 4 is 31.8 Å². The van der Waals surface area contributed by atoms with Crippen molar-refractivity contribution < 1.29 is 45.3 Å². The van der Waals surface area contributed by atoms with Crippen LogP contribution in [0.5, 0.6) is 34.5 Å². The molecule has 360 valence electrons. The van der Waals surface area contributed by atoms with Crippen molar-refractivity contribution in [3.05, 3.63) is 262 Å². The van der Waals surface area contributed by atoms with Crippen LogP contribution in [0.4, 0.5) is 0 Å². The van der Waals surface area contributed by atoms with E-state index < -0.39 is 24.8 Å². The molecule has 0 aliphatic rings. The van der Waals surface area contributed by atoms with Crippen LogP contribution in [0.25, 0.3) is 12.2 Å².